The molecule has 1 saturated heterocycles. The molecule has 2 heterocycles. The third-order valence-corrected chi connectivity index (χ3v) is 4.23. The second-order valence-corrected chi connectivity index (χ2v) is 5.73. The number of benzene rings is 1. The average Bonchev–Trinajstić information content (AvgIpc) is 2.83. The van der Waals surface area contributed by atoms with Gasteiger partial charge in [-0.05, 0) is 56.6 Å². The summed E-state index contributed by atoms with van der Waals surface area (Å²) in [6.07, 6.45) is 3.04. The van der Waals surface area contributed by atoms with E-state index in [0.717, 1.165) is 50.3 Å². The van der Waals surface area contributed by atoms with Gasteiger partial charge in [-0.2, -0.15) is 0 Å². The molecule has 4 nitrogen and oxygen atoms in total. The summed E-state index contributed by atoms with van der Waals surface area (Å²) in [4.78, 5) is 16.9. The number of fused-ring (bicyclic) bond motifs is 1. The third kappa shape index (κ3) is 2.32. The highest BCUT2D eigenvalue weighted by Crippen LogP contribution is 2.31. The molecule has 1 amide bonds. The van der Waals surface area contributed by atoms with Crippen LogP contribution in [0.5, 0.6) is 0 Å². The van der Waals surface area contributed by atoms with Gasteiger partial charge in [-0.3, -0.25) is 4.79 Å². The maximum atomic E-state index is 12.7. The average molecular weight is 259 g/mol. The fraction of sp³-hybridized carbons (Fsp3) is 0.533. The molecule has 0 saturated carbocycles. The Kier molecular flexibility index (Phi) is 3.19. The molecule has 3 rings (SSSR count). The van der Waals surface area contributed by atoms with Crippen molar-refractivity contribution in [1.82, 2.24) is 4.90 Å². The predicted molar refractivity (Wildman–Crippen MR) is 77.1 cm³/mol. The topological polar surface area (TPSA) is 49.6 Å². The second kappa shape index (κ2) is 4.85. The molecule has 0 radical (unpaired) electrons. The molecule has 2 aliphatic heterocycles. The number of hydrogen-bond acceptors (Lipinski definition) is 3. The molecular weight excluding hydrogens is 238 g/mol. The third-order valence-electron chi connectivity index (χ3n) is 4.23. The van der Waals surface area contributed by atoms with Crippen LogP contribution in [-0.2, 0) is 11.2 Å². The molecule has 1 fully saturated rings. The first-order valence-electron chi connectivity index (χ1n) is 7.03. The Morgan fingerprint density at radius 2 is 2.21 bits per heavy atom. The predicted octanol–water partition coefficient (Wildman–Crippen LogP) is 1.50. The Morgan fingerprint density at radius 3 is 2.95 bits per heavy atom. The summed E-state index contributed by atoms with van der Waals surface area (Å²) in [6, 6.07) is 5.90. The van der Waals surface area contributed by atoms with Crippen molar-refractivity contribution in [1.29, 1.82) is 0 Å². The van der Waals surface area contributed by atoms with Gasteiger partial charge in [-0.25, -0.2) is 0 Å². The number of rotatable bonds is 1. The van der Waals surface area contributed by atoms with Crippen molar-refractivity contribution in [2.75, 3.05) is 37.3 Å². The van der Waals surface area contributed by atoms with Gasteiger partial charge in [-0.1, -0.05) is 0 Å². The summed E-state index contributed by atoms with van der Waals surface area (Å²) in [5.41, 5.74) is 8.90. The number of hydrogen-bond donors (Lipinski definition) is 1. The zero-order valence-electron chi connectivity index (χ0n) is 11.4. The van der Waals surface area contributed by atoms with Gasteiger partial charge in [0, 0.05) is 24.5 Å². The molecule has 0 aliphatic carbocycles. The van der Waals surface area contributed by atoms with Crippen LogP contribution < -0.4 is 10.6 Å². The van der Waals surface area contributed by atoms with Crippen molar-refractivity contribution in [2.24, 2.45) is 5.92 Å². The van der Waals surface area contributed by atoms with E-state index in [4.69, 9.17) is 5.73 Å². The Balaban J connectivity index is 1.85. The van der Waals surface area contributed by atoms with Crippen LogP contribution in [0.25, 0.3) is 0 Å². The zero-order chi connectivity index (χ0) is 13.4. The van der Waals surface area contributed by atoms with E-state index >= 15 is 0 Å². The Morgan fingerprint density at radius 1 is 1.37 bits per heavy atom. The minimum absolute atomic E-state index is 0.161. The fourth-order valence-electron chi connectivity index (χ4n) is 3.20. The largest absolute Gasteiger partial charge is 0.399 e. The van der Waals surface area contributed by atoms with Crippen LogP contribution >= 0.6 is 0 Å². The van der Waals surface area contributed by atoms with Gasteiger partial charge in [0.15, 0.2) is 0 Å². The maximum Gasteiger partial charge on any atom is 0.231 e. The van der Waals surface area contributed by atoms with Gasteiger partial charge in [0.1, 0.15) is 0 Å². The molecule has 0 spiro atoms. The lowest BCUT2D eigenvalue weighted by Crippen LogP contribution is -2.40. The number of carbonyl (C=O) groups excluding carboxylic acids is 1. The van der Waals surface area contributed by atoms with E-state index < -0.39 is 0 Å². The summed E-state index contributed by atoms with van der Waals surface area (Å²) in [6.45, 7) is 2.76. The minimum atomic E-state index is 0.161. The number of amides is 1. The fourth-order valence-corrected chi connectivity index (χ4v) is 3.20. The van der Waals surface area contributed by atoms with Gasteiger partial charge in [0.2, 0.25) is 5.91 Å². The van der Waals surface area contributed by atoms with E-state index in [1.165, 1.54) is 5.56 Å². The van der Waals surface area contributed by atoms with Gasteiger partial charge in [-0.15, -0.1) is 0 Å². The van der Waals surface area contributed by atoms with E-state index in [0.29, 0.717) is 0 Å². The normalized spacial score (nSPS) is 23.4. The summed E-state index contributed by atoms with van der Waals surface area (Å²) in [5, 5.41) is 0. The number of aryl methyl sites for hydroxylation is 1. The van der Waals surface area contributed by atoms with Gasteiger partial charge >= 0.3 is 0 Å². The molecule has 19 heavy (non-hydrogen) atoms. The summed E-state index contributed by atoms with van der Waals surface area (Å²) in [7, 11) is 2.08. The van der Waals surface area contributed by atoms with Gasteiger partial charge < -0.3 is 15.5 Å². The second-order valence-electron chi connectivity index (χ2n) is 5.73. The number of nitrogen functional groups attached to an aromatic ring is 1. The summed E-state index contributed by atoms with van der Waals surface area (Å²) < 4.78 is 0. The number of nitrogens with zero attached hydrogens (tertiary/aromatic N) is 2. The molecule has 1 unspecified atom stereocenters. The maximum absolute atomic E-state index is 12.7. The molecule has 1 aromatic rings. The number of likely N-dealkylation sites (tertiary alicyclic amines) is 1. The molecular formula is C15H21N3O. The van der Waals surface area contributed by atoms with Crippen LogP contribution in [0.15, 0.2) is 18.2 Å². The lowest BCUT2D eigenvalue weighted by molar-refractivity contribution is -0.122. The van der Waals surface area contributed by atoms with Crippen LogP contribution in [0, 0.1) is 5.92 Å². The highest BCUT2D eigenvalue weighted by atomic mass is 16.2. The minimum Gasteiger partial charge on any atom is -0.399 e. The smallest absolute Gasteiger partial charge is 0.231 e. The van der Waals surface area contributed by atoms with Crippen molar-refractivity contribution in [3.8, 4) is 0 Å². The van der Waals surface area contributed by atoms with Crippen molar-refractivity contribution < 1.29 is 4.79 Å². The molecule has 2 N–H and O–H groups in total. The van der Waals surface area contributed by atoms with Crippen molar-refractivity contribution in [2.45, 2.75) is 19.3 Å². The molecule has 1 atom stereocenters. The highest BCUT2D eigenvalue weighted by molar-refractivity contribution is 5.96. The molecule has 2 aliphatic rings. The van der Waals surface area contributed by atoms with Crippen LogP contribution in [-0.4, -0.2) is 37.5 Å². The Hall–Kier alpha value is -1.55. The van der Waals surface area contributed by atoms with Crippen LogP contribution in [0.4, 0.5) is 11.4 Å². The quantitative estimate of drug-likeness (QED) is 0.778. The van der Waals surface area contributed by atoms with Crippen LogP contribution in [0.3, 0.4) is 0 Å². The van der Waals surface area contributed by atoms with E-state index in [1.807, 2.05) is 23.1 Å². The summed E-state index contributed by atoms with van der Waals surface area (Å²) >= 11 is 0. The monoisotopic (exact) mass is 259 g/mol. The van der Waals surface area contributed by atoms with Gasteiger partial charge in [0.05, 0.1) is 5.92 Å². The van der Waals surface area contributed by atoms with E-state index in [1.54, 1.807) is 0 Å². The van der Waals surface area contributed by atoms with E-state index in [2.05, 4.69) is 11.9 Å². The van der Waals surface area contributed by atoms with Crippen molar-refractivity contribution in [3.05, 3.63) is 23.8 Å². The summed E-state index contributed by atoms with van der Waals surface area (Å²) in [5.74, 6) is 0.448. The molecule has 0 aromatic heterocycles. The lowest BCUT2D eigenvalue weighted by Gasteiger charge is -2.31. The van der Waals surface area contributed by atoms with Crippen LogP contribution in [0.2, 0.25) is 0 Å². The highest BCUT2D eigenvalue weighted by Gasteiger charge is 2.32. The molecule has 4 heteroatoms. The first-order chi connectivity index (χ1) is 9.15. The Bertz CT molecular complexity index is 500. The molecule has 0 bridgehead atoms. The Labute approximate surface area is 114 Å². The van der Waals surface area contributed by atoms with E-state index in [9.17, 15) is 4.79 Å². The number of nitrogens with two attached hydrogens (primary N) is 1. The SMILES string of the molecule is CN1CCC(C(=O)N2CCCc3cc(N)ccc32)C1. The van der Waals surface area contributed by atoms with E-state index in [-0.39, 0.29) is 11.8 Å². The first-order valence-corrected chi connectivity index (χ1v) is 7.03. The van der Waals surface area contributed by atoms with Crippen molar-refractivity contribution in [3.63, 3.8) is 0 Å². The van der Waals surface area contributed by atoms with Crippen molar-refractivity contribution >= 4 is 17.3 Å². The number of carbonyl (C=O) groups is 1. The van der Waals surface area contributed by atoms with Crippen LogP contribution in [0.1, 0.15) is 18.4 Å². The standard InChI is InChI=1S/C15H21N3O/c1-17-8-6-12(10-17)15(19)18-7-2-3-11-9-13(16)4-5-14(11)18/h4-5,9,12H,2-3,6-8,10,16H2,1H3. The first kappa shape index (κ1) is 12.5. The van der Waals surface area contributed by atoms with Gasteiger partial charge in [0.25, 0.3) is 0 Å². The zero-order valence-corrected chi connectivity index (χ0v) is 11.4. The molecule has 1 aromatic carbocycles. The number of anilines is 2. The molecule has 102 valence electrons. The lowest BCUT2D eigenvalue weighted by atomic mass is 9.98.